The summed E-state index contributed by atoms with van der Waals surface area (Å²) in [6.45, 7) is 0.254. The molecule has 0 heterocycles. The lowest BCUT2D eigenvalue weighted by Gasteiger charge is -2.12. The van der Waals surface area contributed by atoms with Gasteiger partial charge < -0.3 is 16.0 Å². The molecule has 0 saturated heterocycles. The zero-order valence-electron chi connectivity index (χ0n) is 11.2. The Hall–Kier alpha value is -1.51. The van der Waals surface area contributed by atoms with Crippen LogP contribution < -0.4 is 15.8 Å². The van der Waals surface area contributed by atoms with E-state index >= 15 is 0 Å². The maximum absolute atomic E-state index is 11.9. The van der Waals surface area contributed by atoms with Crippen molar-refractivity contribution in [3.05, 3.63) is 23.2 Å². The Kier molecular flexibility index (Phi) is 5.61. The van der Waals surface area contributed by atoms with E-state index in [1.165, 1.54) is 23.1 Å². The summed E-state index contributed by atoms with van der Waals surface area (Å²) in [5.41, 5.74) is 5.75. The van der Waals surface area contributed by atoms with Crippen molar-refractivity contribution >= 4 is 33.3 Å². The Morgan fingerprint density at radius 3 is 2.55 bits per heavy atom. The molecule has 7 nitrogen and oxygen atoms in total. The van der Waals surface area contributed by atoms with Crippen LogP contribution in [0.5, 0.6) is 0 Å². The minimum absolute atomic E-state index is 0.0262. The van der Waals surface area contributed by atoms with Gasteiger partial charge in [-0.15, -0.1) is 0 Å². The van der Waals surface area contributed by atoms with Crippen molar-refractivity contribution in [3.63, 3.8) is 0 Å². The van der Waals surface area contributed by atoms with Crippen LogP contribution >= 0.6 is 11.6 Å². The third-order valence-electron chi connectivity index (χ3n) is 2.38. The van der Waals surface area contributed by atoms with E-state index in [1.54, 1.807) is 14.1 Å². The summed E-state index contributed by atoms with van der Waals surface area (Å²) in [4.78, 5) is 12.6. The first kappa shape index (κ1) is 16.5. The normalized spacial score (nSPS) is 11.2. The molecule has 0 aromatic heterocycles. The van der Waals surface area contributed by atoms with Crippen LogP contribution in [-0.4, -0.2) is 46.5 Å². The number of nitrogens with two attached hydrogens (primary N) is 1. The number of carbonyl (C=O) groups excluding carboxylic acids is 1. The van der Waals surface area contributed by atoms with Gasteiger partial charge in [0.15, 0.2) is 0 Å². The molecule has 0 unspecified atom stereocenters. The van der Waals surface area contributed by atoms with E-state index in [9.17, 15) is 13.2 Å². The summed E-state index contributed by atoms with van der Waals surface area (Å²) in [6, 6.07) is 3.77. The highest BCUT2D eigenvalue weighted by molar-refractivity contribution is 7.89. The Balaban J connectivity index is 2.58. The molecule has 4 N–H and O–H groups in total. The number of benzene rings is 1. The molecule has 1 aromatic carbocycles. The van der Waals surface area contributed by atoms with Crippen molar-refractivity contribution in [3.8, 4) is 0 Å². The van der Waals surface area contributed by atoms with Crippen LogP contribution in [0.3, 0.4) is 0 Å². The Labute approximate surface area is 123 Å². The van der Waals surface area contributed by atoms with E-state index in [0.717, 1.165) is 0 Å². The number of anilines is 1. The Bertz CT molecular complexity index is 589. The zero-order chi connectivity index (χ0) is 15.3. The minimum Gasteiger partial charge on any atom is -0.397 e. The number of nitrogens with zero attached hydrogens (tertiary/aromatic N) is 1. The largest absolute Gasteiger partial charge is 0.397 e. The van der Waals surface area contributed by atoms with E-state index in [4.69, 9.17) is 17.3 Å². The molecule has 0 aliphatic rings. The number of sulfonamides is 1. The fraction of sp³-hybridized carbons (Fsp3) is 0.364. The second-order valence-corrected chi connectivity index (χ2v) is 6.38. The number of amides is 2. The lowest BCUT2D eigenvalue weighted by molar-refractivity contribution is 0.217. The SMILES string of the molecule is CN(C)C(=O)NCCNS(=O)(=O)c1ccc(Cl)c(N)c1. The van der Waals surface area contributed by atoms with Gasteiger partial charge in [0.1, 0.15) is 0 Å². The minimum atomic E-state index is -3.67. The topological polar surface area (TPSA) is 105 Å². The monoisotopic (exact) mass is 320 g/mol. The number of carbonyl (C=O) groups is 1. The Morgan fingerprint density at radius 2 is 2.00 bits per heavy atom. The van der Waals surface area contributed by atoms with Crippen LogP contribution in [0.15, 0.2) is 23.1 Å². The second-order valence-electron chi connectivity index (χ2n) is 4.21. The fourth-order valence-electron chi connectivity index (χ4n) is 1.29. The van der Waals surface area contributed by atoms with Gasteiger partial charge in [-0.25, -0.2) is 17.9 Å². The van der Waals surface area contributed by atoms with Gasteiger partial charge in [-0.2, -0.15) is 0 Å². The molecule has 112 valence electrons. The summed E-state index contributed by atoms with van der Waals surface area (Å²) < 4.78 is 26.2. The molecule has 1 aromatic rings. The molecule has 0 spiro atoms. The predicted molar refractivity (Wildman–Crippen MR) is 78.1 cm³/mol. The highest BCUT2D eigenvalue weighted by atomic mass is 35.5. The summed E-state index contributed by atoms with van der Waals surface area (Å²) in [6.07, 6.45) is 0. The standard InChI is InChI=1S/C11H17ClN4O3S/c1-16(2)11(17)14-5-6-15-20(18,19)8-3-4-9(12)10(13)7-8/h3-4,7,15H,5-6,13H2,1-2H3,(H,14,17). The zero-order valence-corrected chi connectivity index (χ0v) is 12.8. The number of hydrogen-bond acceptors (Lipinski definition) is 4. The molecule has 2 amide bonds. The van der Waals surface area contributed by atoms with Crippen molar-refractivity contribution in [2.75, 3.05) is 32.9 Å². The molecule has 0 fully saturated rings. The summed E-state index contributed by atoms with van der Waals surface area (Å²) in [5, 5.41) is 2.83. The molecule has 0 aliphatic heterocycles. The van der Waals surface area contributed by atoms with Crippen molar-refractivity contribution in [2.24, 2.45) is 0 Å². The summed E-state index contributed by atoms with van der Waals surface area (Å²) in [5.74, 6) is 0. The number of halogens is 1. The van der Waals surface area contributed by atoms with Gasteiger partial charge in [0, 0.05) is 27.2 Å². The number of rotatable bonds is 5. The maximum Gasteiger partial charge on any atom is 0.316 e. The second kappa shape index (κ2) is 6.78. The average Bonchev–Trinajstić information content (AvgIpc) is 2.37. The lowest BCUT2D eigenvalue weighted by Crippen LogP contribution is -2.39. The van der Waals surface area contributed by atoms with Gasteiger partial charge in [0.05, 0.1) is 15.6 Å². The molecule has 0 atom stereocenters. The van der Waals surface area contributed by atoms with Crippen molar-refractivity contribution in [1.29, 1.82) is 0 Å². The van der Waals surface area contributed by atoms with Crippen LogP contribution in [0.25, 0.3) is 0 Å². The van der Waals surface area contributed by atoms with E-state index < -0.39 is 10.0 Å². The first-order valence-corrected chi connectivity index (χ1v) is 7.60. The molecule has 0 aliphatic carbocycles. The fourth-order valence-corrected chi connectivity index (χ4v) is 2.47. The molecule has 20 heavy (non-hydrogen) atoms. The van der Waals surface area contributed by atoms with Crippen molar-refractivity contribution in [1.82, 2.24) is 14.9 Å². The van der Waals surface area contributed by atoms with Gasteiger partial charge in [-0.1, -0.05) is 11.6 Å². The van der Waals surface area contributed by atoms with Gasteiger partial charge in [-0.3, -0.25) is 0 Å². The third-order valence-corrected chi connectivity index (χ3v) is 4.18. The van der Waals surface area contributed by atoms with Gasteiger partial charge in [0.2, 0.25) is 10.0 Å². The molecule has 9 heteroatoms. The number of hydrogen-bond donors (Lipinski definition) is 3. The molecule has 0 saturated carbocycles. The van der Waals surface area contributed by atoms with E-state index in [0.29, 0.717) is 5.02 Å². The smallest absolute Gasteiger partial charge is 0.316 e. The van der Waals surface area contributed by atoms with E-state index in [2.05, 4.69) is 10.0 Å². The predicted octanol–water partition coefficient (Wildman–Crippen LogP) is 0.472. The van der Waals surface area contributed by atoms with E-state index in [-0.39, 0.29) is 29.7 Å². The van der Waals surface area contributed by atoms with Crippen LogP contribution in [0.2, 0.25) is 5.02 Å². The quantitative estimate of drug-likeness (QED) is 0.542. The van der Waals surface area contributed by atoms with Crippen LogP contribution in [0.1, 0.15) is 0 Å². The highest BCUT2D eigenvalue weighted by Crippen LogP contribution is 2.21. The molecular weight excluding hydrogens is 304 g/mol. The number of urea groups is 1. The maximum atomic E-state index is 11.9. The third kappa shape index (κ3) is 4.55. The van der Waals surface area contributed by atoms with Crippen molar-refractivity contribution < 1.29 is 13.2 Å². The van der Waals surface area contributed by atoms with Crippen LogP contribution in [-0.2, 0) is 10.0 Å². The Morgan fingerprint density at radius 1 is 1.35 bits per heavy atom. The van der Waals surface area contributed by atoms with Gasteiger partial charge >= 0.3 is 6.03 Å². The highest BCUT2D eigenvalue weighted by Gasteiger charge is 2.14. The molecule has 0 bridgehead atoms. The van der Waals surface area contributed by atoms with Gasteiger partial charge in [-0.05, 0) is 18.2 Å². The summed E-state index contributed by atoms with van der Waals surface area (Å²) >= 11 is 5.73. The number of nitrogens with one attached hydrogen (secondary N) is 2. The van der Waals surface area contributed by atoms with Crippen LogP contribution in [0.4, 0.5) is 10.5 Å². The first-order valence-electron chi connectivity index (χ1n) is 5.74. The lowest BCUT2D eigenvalue weighted by atomic mass is 10.3. The van der Waals surface area contributed by atoms with Gasteiger partial charge in [0.25, 0.3) is 0 Å². The summed E-state index contributed by atoms with van der Waals surface area (Å²) in [7, 11) is -0.485. The van der Waals surface area contributed by atoms with Crippen molar-refractivity contribution in [2.45, 2.75) is 4.90 Å². The average molecular weight is 321 g/mol. The number of nitrogen functional groups attached to an aromatic ring is 1. The van der Waals surface area contributed by atoms with E-state index in [1.807, 2.05) is 0 Å². The molecule has 0 radical (unpaired) electrons. The van der Waals surface area contributed by atoms with Crippen LogP contribution in [0, 0.1) is 0 Å². The first-order chi connectivity index (χ1) is 9.24. The molecular formula is C11H17ClN4O3S. The molecule has 1 rings (SSSR count).